The number of anilines is 4. The first kappa shape index (κ1) is 36.9. The monoisotopic (exact) mass is 684 g/mol. The molecule has 0 atom stereocenters. The number of aromatic nitrogens is 8. The first-order valence-corrected chi connectivity index (χ1v) is 22.3. The third-order valence-electron chi connectivity index (χ3n) is 6.12. The minimum atomic E-state index is -1.12. The maximum atomic E-state index is 11.5. The fraction of sp³-hybridized carbons (Fsp3) is 0.448. The number of carboxylic acid groups (broad SMARTS) is 1. The number of esters is 1. The van der Waals surface area contributed by atoms with Crippen LogP contribution in [0.1, 0.15) is 21.0 Å². The molecule has 0 aliphatic carbocycles. The van der Waals surface area contributed by atoms with Gasteiger partial charge in [0.05, 0.1) is 31.9 Å². The van der Waals surface area contributed by atoms with Crippen molar-refractivity contribution in [1.82, 2.24) is 39.5 Å². The second-order valence-electron chi connectivity index (χ2n) is 12.8. The van der Waals surface area contributed by atoms with Crippen LogP contribution in [0.4, 0.5) is 23.3 Å². The van der Waals surface area contributed by atoms with Crippen LogP contribution in [0.25, 0.3) is 0 Å². The predicted octanol–water partition coefficient (Wildman–Crippen LogP) is 4.94. The highest BCUT2D eigenvalue weighted by molar-refractivity contribution is 6.76. The summed E-state index contributed by atoms with van der Waals surface area (Å²) in [5, 5.41) is 23.4. The van der Waals surface area contributed by atoms with Crippen molar-refractivity contribution in [1.29, 1.82) is 0 Å². The van der Waals surface area contributed by atoms with Crippen LogP contribution in [0.3, 0.4) is 0 Å². The molecular weight excluding hydrogens is 641 g/mol. The molecule has 0 aromatic carbocycles. The summed E-state index contributed by atoms with van der Waals surface area (Å²) < 4.78 is 19.2. The minimum absolute atomic E-state index is 0.121. The van der Waals surface area contributed by atoms with Gasteiger partial charge in [0.15, 0.2) is 34.7 Å². The van der Waals surface area contributed by atoms with E-state index in [1.807, 2.05) is 6.20 Å². The van der Waals surface area contributed by atoms with Gasteiger partial charge >= 0.3 is 11.9 Å². The Hall–Kier alpha value is -4.53. The highest BCUT2D eigenvalue weighted by Crippen LogP contribution is 2.14. The molecule has 0 bridgehead atoms. The van der Waals surface area contributed by atoms with Crippen LogP contribution in [0.5, 0.6) is 0 Å². The number of aromatic carboxylic acids is 1. The predicted molar refractivity (Wildman–Crippen MR) is 182 cm³/mol. The number of hydrogen-bond donors (Lipinski definition) is 3. The largest absolute Gasteiger partial charge is 0.476 e. The Morgan fingerprint density at radius 1 is 0.723 bits per heavy atom. The first-order chi connectivity index (χ1) is 22.2. The SMILES string of the molecule is COC(=O)c1cncc(Nc2ccn(COCC[Si](C)(C)C)n2)n1.C[Si](C)(C)CCOCn1ccc(Nc2cncc(C(=O)O)n2)n1. The molecule has 3 N–H and O–H groups in total. The second-order valence-corrected chi connectivity index (χ2v) is 24.0. The van der Waals surface area contributed by atoms with Crippen molar-refractivity contribution in [2.45, 2.75) is 64.8 Å². The molecule has 254 valence electrons. The van der Waals surface area contributed by atoms with Gasteiger partial charge in [-0.1, -0.05) is 39.3 Å². The van der Waals surface area contributed by atoms with E-state index >= 15 is 0 Å². The number of carbonyl (C=O) groups is 2. The standard InChI is InChI=1S/C15H23N5O3Si.C14H21N5O3Si/c1-22-15(21)12-9-16-10-14(17-12)18-13-5-6-20(19-13)11-23-7-8-24(2,3)4;1-23(2,3)7-6-22-10-19-5-4-12(18-19)17-13-9-15-8-11(16-13)14(20)21/h5-6,9-10H,7-8,11H2,1-4H3,(H,17,18,19);4-5,8-9H,6-7,10H2,1-3H3,(H,20,21)(H,16,17,18). The normalized spacial score (nSPS) is 11.4. The van der Waals surface area contributed by atoms with E-state index in [4.69, 9.17) is 14.6 Å². The molecule has 0 saturated heterocycles. The lowest BCUT2D eigenvalue weighted by atomic mass is 10.4. The van der Waals surface area contributed by atoms with Gasteiger partial charge in [0.2, 0.25) is 0 Å². The van der Waals surface area contributed by atoms with Crippen molar-refractivity contribution in [3.63, 3.8) is 0 Å². The van der Waals surface area contributed by atoms with Gasteiger partial charge in [-0.05, 0) is 12.1 Å². The topological polar surface area (TPSA) is 193 Å². The smallest absolute Gasteiger partial charge is 0.358 e. The van der Waals surface area contributed by atoms with Gasteiger partial charge in [0, 0.05) is 53.9 Å². The van der Waals surface area contributed by atoms with E-state index in [1.54, 1.807) is 27.7 Å². The number of methoxy groups -OCH3 is 1. The van der Waals surface area contributed by atoms with Crippen LogP contribution in [0.15, 0.2) is 49.3 Å². The maximum Gasteiger partial charge on any atom is 0.358 e. The highest BCUT2D eigenvalue weighted by Gasteiger charge is 2.14. The Kier molecular flexibility index (Phi) is 13.7. The highest BCUT2D eigenvalue weighted by atomic mass is 28.3. The Morgan fingerprint density at radius 3 is 1.60 bits per heavy atom. The number of rotatable bonds is 16. The summed E-state index contributed by atoms with van der Waals surface area (Å²) in [5.74, 6) is 0.239. The zero-order valence-corrected chi connectivity index (χ0v) is 29.9. The quantitative estimate of drug-likeness (QED) is 0.0816. The van der Waals surface area contributed by atoms with Gasteiger partial charge < -0.3 is 30.0 Å². The van der Waals surface area contributed by atoms with Crippen molar-refractivity contribution in [3.8, 4) is 0 Å². The summed E-state index contributed by atoms with van der Waals surface area (Å²) in [6, 6.07) is 5.79. The van der Waals surface area contributed by atoms with Gasteiger partial charge in [-0.3, -0.25) is 9.97 Å². The van der Waals surface area contributed by atoms with Gasteiger partial charge in [0.1, 0.15) is 13.5 Å². The van der Waals surface area contributed by atoms with Gasteiger partial charge in [-0.2, -0.15) is 10.2 Å². The number of nitrogens with zero attached hydrogens (tertiary/aromatic N) is 8. The van der Waals surface area contributed by atoms with Crippen LogP contribution >= 0.6 is 0 Å². The van der Waals surface area contributed by atoms with Crippen LogP contribution in [0.2, 0.25) is 51.4 Å². The summed E-state index contributed by atoms with van der Waals surface area (Å²) in [5.41, 5.74) is 0.0146. The van der Waals surface area contributed by atoms with E-state index < -0.39 is 28.1 Å². The number of carboxylic acids is 1. The van der Waals surface area contributed by atoms with Gasteiger partial charge in [0.25, 0.3) is 0 Å². The molecule has 0 spiro atoms. The van der Waals surface area contributed by atoms with E-state index in [2.05, 4.69) is 84.8 Å². The lowest BCUT2D eigenvalue weighted by Gasteiger charge is -2.15. The number of nitrogens with one attached hydrogen (secondary N) is 2. The molecular formula is C29H44N10O6Si2. The van der Waals surface area contributed by atoms with E-state index in [0.29, 0.717) is 36.7 Å². The Labute approximate surface area is 275 Å². The third-order valence-corrected chi connectivity index (χ3v) is 9.52. The molecule has 0 saturated carbocycles. The Bertz CT molecular complexity index is 1590. The zero-order valence-electron chi connectivity index (χ0n) is 27.9. The van der Waals surface area contributed by atoms with Crippen LogP contribution < -0.4 is 10.6 Å². The second kappa shape index (κ2) is 17.4. The van der Waals surface area contributed by atoms with Crippen molar-refractivity contribution < 1.29 is 28.9 Å². The van der Waals surface area contributed by atoms with Crippen LogP contribution in [-0.4, -0.2) is 93.0 Å². The van der Waals surface area contributed by atoms with Gasteiger partial charge in [-0.15, -0.1) is 0 Å². The lowest BCUT2D eigenvalue weighted by Crippen LogP contribution is -2.22. The summed E-state index contributed by atoms with van der Waals surface area (Å²) in [7, 11) is -0.866. The molecule has 16 nitrogen and oxygen atoms in total. The fourth-order valence-electron chi connectivity index (χ4n) is 3.49. The van der Waals surface area contributed by atoms with E-state index in [0.717, 1.165) is 25.3 Å². The molecule has 0 fully saturated rings. The van der Waals surface area contributed by atoms with Crippen molar-refractivity contribution in [3.05, 3.63) is 60.7 Å². The molecule has 47 heavy (non-hydrogen) atoms. The molecule has 4 aromatic heterocycles. The summed E-state index contributed by atoms with van der Waals surface area (Å²) in [6.45, 7) is 16.1. The molecule has 0 unspecified atom stereocenters. The summed E-state index contributed by atoms with van der Waals surface area (Å²) in [6.07, 6.45) is 9.09. The van der Waals surface area contributed by atoms with E-state index in [-0.39, 0.29) is 11.4 Å². The summed E-state index contributed by atoms with van der Waals surface area (Å²) >= 11 is 0. The number of hydrogen-bond acceptors (Lipinski definition) is 13. The third kappa shape index (κ3) is 14.2. The molecule has 0 aliphatic heterocycles. The first-order valence-electron chi connectivity index (χ1n) is 14.9. The summed E-state index contributed by atoms with van der Waals surface area (Å²) in [4.78, 5) is 38.2. The average molecular weight is 685 g/mol. The molecule has 0 radical (unpaired) electrons. The molecule has 0 aliphatic rings. The minimum Gasteiger partial charge on any atom is -0.476 e. The number of carbonyl (C=O) groups excluding carboxylic acids is 1. The molecule has 4 aromatic rings. The van der Waals surface area contributed by atoms with Crippen molar-refractivity contribution in [2.75, 3.05) is 31.0 Å². The fourth-order valence-corrected chi connectivity index (χ4v) is 5.01. The lowest BCUT2D eigenvalue weighted by molar-refractivity contribution is 0.0592. The van der Waals surface area contributed by atoms with E-state index in [1.165, 1.54) is 31.9 Å². The maximum absolute atomic E-state index is 11.5. The molecule has 4 rings (SSSR count). The Morgan fingerprint density at radius 2 is 1.17 bits per heavy atom. The Balaban J connectivity index is 0.000000256. The van der Waals surface area contributed by atoms with Gasteiger partial charge in [-0.25, -0.2) is 28.9 Å². The zero-order chi connectivity index (χ0) is 34.5. The van der Waals surface area contributed by atoms with E-state index in [9.17, 15) is 9.59 Å². The molecule has 18 heteroatoms. The van der Waals surface area contributed by atoms with Crippen LogP contribution in [0, 0.1) is 0 Å². The van der Waals surface area contributed by atoms with Crippen molar-refractivity contribution in [2.24, 2.45) is 0 Å². The molecule has 4 heterocycles. The van der Waals surface area contributed by atoms with Crippen molar-refractivity contribution >= 4 is 51.4 Å². The average Bonchev–Trinajstić information content (AvgIpc) is 3.66. The molecule has 0 amide bonds. The van der Waals surface area contributed by atoms with Crippen LogP contribution in [-0.2, 0) is 27.7 Å². The number of ether oxygens (including phenoxy) is 3.